The molecule has 0 bridgehead atoms. The molecule has 19 heavy (non-hydrogen) atoms. The Morgan fingerprint density at radius 3 is 2.63 bits per heavy atom. The van der Waals surface area contributed by atoms with Gasteiger partial charge in [-0.25, -0.2) is 0 Å². The SMILES string of the molecule is Cc1cccc(C2(C(C)C)OCC(C)O2)c1[N+](=O)[O-]. The number of benzene rings is 1. The number of hydrogen-bond donors (Lipinski definition) is 0. The molecule has 5 heteroatoms. The molecule has 0 saturated carbocycles. The predicted octanol–water partition coefficient (Wildman–Crippen LogP) is 3.15. The molecule has 1 heterocycles. The molecule has 0 aliphatic carbocycles. The molecule has 104 valence electrons. The van der Waals surface area contributed by atoms with Crippen molar-refractivity contribution in [3.63, 3.8) is 0 Å². The van der Waals surface area contributed by atoms with Gasteiger partial charge in [0.15, 0.2) is 0 Å². The minimum Gasteiger partial charge on any atom is -0.343 e. The van der Waals surface area contributed by atoms with E-state index in [4.69, 9.17) is 9.47 Å². The largest absolute Gasteiger partial charge is 0.343 e. The predicted molar refractivity (Wildman–Crippen MR) is 70.8 cm³/mol. The molecule has 2 atom stereocenters. The van der Waals surface area contributed by atoms with Gasteiger partial charge in [-0.2, -0.15) is 0 Å². The van der Waals surface area contributed by atoms with Crippen molar-refractivity contribution in [2.24, 2.45) is 5.92 Å². The first-order chi connectivity index (χ1) is 8.88. The lowest BCUT2D eigenvalue weighted by atomic mass is 9.91. The Kier molecular flexibility index (Phi) is 3.60. The van der Waals surface area contributed by atoms with Crippen LogP contribution in [-0.4, -0.2) is 17.6 Å². The number of nitrogens with zero attached hydrogens (tertiary/aromatic N) is 1. The Morgan fingerprint density at radius 2 is 2.16 bits per heavy atom. The molecule has 0 amide bonds. The minimum atomic E-state index is -1.02. The van der Waals surface area contributed by atoms with Crippen molar-refractivity contribution in [1.29, 1.82) is 0 Å². The van der Waals surface area contributed by atoms with Crippen LogP contribution in [0.5, 0.6) is 0 Å². The van der Waals surface area contributed by atoms with E-state index in [9.17, 15) is 10.1 Å². The van der Waals surface area contributed by atoms with Crippen molar-refractivity contribution >= 4 is 5.69 Å². The van der Waals surface area contributed by atoms with Crippen LogP contribution in [0.15, 0.2) is 18.2 Å². The monoisotopic (exact) mass is 265 g/mol. The van der Waals surface area contributed by atoms with Crippen LogP contribution < -0.4 is 0 Å². The van der Waals surface area contributed by atoms with Crippen molar-refractivity contribution in [2.45, 2.75) is 39.6 Å². The molecular weight excluding hydrogens is 246 g/mol. The second kappa shape index (κ2) is 4.90. The second-order valence-electron chi connectivity index (χ2n) is 5.29. The molecule has 0 radical (unpaired) electrons. The maximum absolute atomic E-state index is 11.3. The van der Waals surface area contributed by atoms with E-state index in [2.05, 4.69) is 0 Å². The summed E-state index contributed by atoms with van der Waals surface area (Å²) in [5.41, 5.74) is 1.22. The van der Waals surface area contributed by atoms with Crippen LogP contribution in [-0.2, 0) is 15.3 Å². The summed E-state index contributed by atoms with van der Waals surface area (Å²) in [6.45, 7) is 7.98. The van der Waals surface area contributed by atoms with Gasteiger partial charge in [0.05, 0.1) is 23.2 Å². The lowest BCUT2D eigenvalue weighted by Gasteiger charge is -2.32. The standard InChI is InChI=1S/C14H19NO4/c1-9(2)14(18-8-11(4)19-14)12-7-5-6-10(3)13(12)15(16)17/h5-7,9,11H,8H2,1-4H3. The first-order valence-corrected chi connectivity index (χ1v) is 6.44. The van der Waals surface area contributed by atoms with Crippen LogP contribution in [0.2, 0.25) is 0 Å². The van der Waals surface area contributed by atoms with E-state index in [-0.39, 0.29) is 22.6 Å². The number of ether oxygens (including phenoxy) is 2. The molecule has 1 aliphatic rings. The summed E-state index contributed by atoms with van der Waals surface area (Å²) in [5.74, 6) is -1.04. The third-order valence-electron chi connectivity index (χ3n) is 3.46. The summed E-state index contributed by atoms with van der Waals surface area (Å²) >= 11 is 0. The van der Waals surface area contributed by atoms with Gasteiger partial charge in [-0.15, -0.1) is 0 Å². The molecule has 0 N–H and O–H groups in total. The molecule has 2 unspecified atom stereocenters. The topological polar surface area (TPSA) is 61.6 Å². The van der Waals surface area contributed by atoms with Crippen LogP contribution in [0.1, 0.15) is 31.9 Å². The first-order valence-electron chi connectivity index (χ1n) is 6.44. The van der Waals surface area contributed by atoms with Crippen molar-refractivity contribution in [3.8, 4) is 0 Å². The van der Waals surface area contributed by atoms with Gasteiger partial charge in [-0.05, 0) is 19.9 Å². The van der Waals surface area contributed by atoms with E-state index < -0.39 is 5.79 Å². The lowest BCUT2D eigenvalue weighted by molar-refractivity contribution is -0.389. The highest BCUT2D eigenvalue weighted by atomic mass is 16.7. The molecule has 1 aliphatic heterocycles. The molecule has 1 fully saturated rings. The zero-order chi connectivity index (χ0) is 14.2. The van der Waals surface area contributed by atoms with E-state index in [1.165, 1.54) is 0 Å². The molecular formula is C14H19NO4. The van der Waals surface area contributed by atoms with E-state index >= 15 is 0 Å². The first kappa shape index (κ1) is 14.0. The van der Waals surface area contributed by atoms with Gasteiger partial charge < -0.3 is 9.47 Å². The quantitative estimate of drug-likeness (QED) is 0.622. The summed E-state index contributed by atoms with van der Waals surface area (Å²) in [7, 11) is 0. The van der Waals surface area contributed by atoms with Crippen molar-refractivity contribution < 1.29 is 14.4 Å². The fourth-order valence-electron chi connectivity index (χ4n) is 2.55. The van der Waals surface area contributed by atoms with Gasteiger partial charge in [0.2, 0.25) is 5.79 Å². The molecule has 0 aromatic heterocycles. The Morgan fingerprint density at radius 1 is 1.47 bits per heavy atom. The van der Waals surface area contributed by atoms with E-state index in [1.807, 2.05) is 20.8 Å². The summed E-state index contributed by atoms with van der Waals surface area (Å²) in [5, 5.41) is 11.3. The van der Waals surface area contributed by atoms with Crippen molar-refractivity contribution in [2.75, 3.05) is 6.61 Å². The van der Waals surface area contributed by atoms with Crippen LogP contribution in [0, 0.1) is 23.0 Å². The van der Waals surface area contributed by atoms with E-state index in [1.54, 1.807) is 25.1 Å². The van der Waals surface area contributed by atoms with E-state index in [0.29, 0.717) is 17.7 Å². The Balaban J connectivity index is 2.62. The second-order valence-corrected chi connectivity index (χ2v) is 5.29. The van der Waals surface area contributed by atoms with Crippen molar-refractivity contribution in [3.05, 3.63) is 39.4 Å². The highest BCUT2D eigenvalue weighted by Gasteiger charge is 2.48. The molecule has 1 aromatic carbocycles. The molecule has 1 aromatic rings. The van der Waals surface area contributed by atoms with Gasteiger partial charge in [-0.3, -0.25) is 10.1 Å². The smallest absolute Gasteiger partial charge is 0.280 e. The minimum absolute atomic E-state index is 0.0158. The van der Waals surface area contributed by atoms with Crippen LogP contribution >= 0.6 is 0 Å². The number of nitro benzene ring substituents is 1. The van der Waals surface area contributed by atoms with Gasteiger partial charge >= 0.3 is 0 Å². The van der Waals surface area contributed by atoms with Crippen molar-refractivity contribution in [1.82, 2.24) is 0 Å². The van der Waals surface area contributed by atoms with Crippen LogP contribution in [0.3, 0.4) is 0 Å². The summed E-state index contributed by atoms with van der Waals surface area (Å²) in [4.78, 5) is 11.0. The van der Waals surface area contributed by atoms with Crippen LogP contribution in [0.25, 0.3) is 0 Å². The fourth-order valence-corrected chi connectivity index (χ4v) is 2.55. The van der Waals surface area contributed by atoms with E-state index in [0.717, 1.165) is 0 Å². The molecule has 0 spiro atoms. The van der Waals surface area contributed by atoms with Gasteiger partial charge in [0, 0.05) is 11.5 Å². The highest BCUT2D eigenvalue weighted by Crippen LogP contribution is 2.45. The highest BCUT2D eigenvalue weighted by molar-refractivity contribution is 5.49. The third kappa shape index (κ3) is 2.24. The number of rotatable bonds is 3. The Labute approximate surface area is 112 Å². The Bertz CT molecular complexity index is 500. The zero-order valence-electron chi connectivity index (χ0n) is 11.7. The average Bonchev–Trinajstić information content (AvgIpc) is 2.72. The summed E-state index contributed by atoms with van der Waals surface area (Å²) in [6, 6.07) is 5.26. The van der Waals surface area contributed by atoms with Crippen LogP contribution in [0.4, 0.5) is 5.69 Å². The molecule has 2 rings (SSSR count). The fraction of sp³-hybridized carbons (Fsp3) is 0.571. The Hall–Kier alpha value is -1.46. The maximum atomic E-state index is 11.3. The number of hydrogen-bond acceptors (Lipinski definition) is 4. The lowest BCUT2D eigenvalue weighted by Crippen LogP contribution is -2.34. The number of aryl methyl sites for hydroxylation is 1. The third-order valence-corrected chi connectivity index (χ3v) is 3.46. The summed E-state index contributed by atoms with van der Waals surface area (Å²) in [6.07, 6.45) is -0.0671. The maximum Gasteiger partial charge on any atom is 0.280 e. The molecule has 5 nitrogen and oxygen atoms in total. The summed E-state index contributed by atoms with van der Waals surface area (Å²) < 4.78 is 11.7. The zero-order valence-corrected chi connectivity index (χ0v) is 11.7. The van der Waals surface area contributed by atoms with Gasteiger partial charge in [0.25, 0.3) is 5.69 Å². The van der Waals surface area contributed by atoms with Gasteiger partial charge in [-0.1, -0.05) is 26.0 Å². The molecule has 1 saturated heterocycles. The normalized spacial score (nSPS) is 26.9. The average molecular weight is 265 g/mol. The number of nitro groups is 1. The number of para-hydroxylation sites is 1. The van der Waals surface area contributed by atoms with Gasteiger partial charge in [0.1, 0.15) is 0 Å².